The van der Waals surface area contributed by atoms with E-state index < -0.39 is 0 Å². The molecule has 2 aromatic carbocycles. The monoisotopic (exact) mass is 365 g/mol. The first-order valence-electron chi connectivity index (χ1n) is 8.35. The van der Waals surface area contributed by atoms with Crippen LogP contribution in [0.1, 0.15) is 27.2 Å². The Labute approximate surface area is 158 Å². The quantitative estimate of drug-likeness (QED) is 0.652. The van der Waals surface area contributed by atoms with Gasteiger partial charge in [-0.15, -0.1) is 0 Å². The van der Waals surface area contributed by atoms with Crippen molar-refractivity contribution in [3.05, 3.63) is 88.2 Å². The molecule has 5 heteroatoms. The first-order chi connectivity index (χ1) is 12.5. The van der Waals surface area contributed by atoms with Crippen molar-refractivity contribution >= 4 is 28.9 Å². The number of nitrogens with zero attached hydrogens (tertiary/aromatic N) is 1. The molecule has 0 spiro atoms. The molecule has 1 amide bonds. The van der Waals surface area contributed by atoms with Gasteiger partial charge >= 0.3 is 0 Å². The maximum absolute atomic E-state index is 12.4. The number of amides is 1. The van der Waals surface area contributed by atoms with E-state index in [0.717, 1.165) is 33.1 Å². The van der Waals surface area contributed by atoms with Crippen LogP contribution in [0.25, 0.3) is 0 Å². The second-order valence-electron chi connectivity index (χ2n) is 6.10. The molecule has 3 aromatic rings. The standard InChI is InChI=1S/C21H20ClN3O/c1-14-6-5-7-15(2)20(14)25-21(26)19-11-10-17(13-24-19)23-12-16-8-3-4-9-18(16)22/h3-11,13,23H,12H2,1-2H3,(H,25,26). The van der Waals surface area contributed by atoms with Crippen LogP contribution in [-0.2, 0) is 6.54 Å². The first-order valence-corrected chi connectivity index (χ1v) is 8.73. The summed E-state index contributed by atoms with van der Waals surface area (Å²) in [5.74, 6) is -0.222. The zero-order chi connectivity index (χ0) is 18.5. The third-order valence-corrected chi connectivity index (χ3v) is 4.53. The Morgan fingerprint density at radius 3 is 2.38 bits per heavy atom. The van der Waals surface area contributed by atoms with Crippen molar-refractivity contribution in [3.8, 4) is 0 Å². The average molecular weight is 366 g/mol. The molecule has 26 heavy (non-hydrogen) atoms. The van der Waals surface area contributed by atoms with E-state index in [0.29, 0.717) is 12.2 Å². The van der Waals surface area contributed by atoms with E-state index in [-0.39, 0.29) is 5.91 Å². The van der Waals surface area contributed by atoms with Crippen LogP contribution in [0.5, 0.6) is 0 Å². The molecule has 1 heterocycles. The molecule has 0 unspecified atom stereocenters. The number of halogens is 1. The fourth-order valence-corrected chi connectivity index (χ4v) is 2.86. The van der Waals surface area contributed by atoms with Crippen LogP contribution in [0.15, 0.2) is 60.8 Å². The van der Waals surface area contributed by atoms with E-state index in [1.54, 1.807) is 12.3 Å². The number of anilines is 2. The molecule has 0 fully saturated rings. The molecule has 0 atom stereocenters. The summed E-state index contributed by atoms with van der Waals surface area (Å²) in [4.78, 5) is 16.7. The minimum absolute atomic E-state index is 0.222. The summed E-state index contributed by atoms with van der Waals surface area (Å²) in [6, 6.07) is 17.1. The van der Waals surface area contributed by atoms with Crippen molar-refractivity contribution in [1.82, 2.24) is 4.98 Å². The molecule has 0 aliphatic carbocycles. The van der Waals surface area contributed by atoms with Gasteiger partial charge in [0, 0.05) is 17.3 Å². The molecule has 0 aliphatic rings. The van der Waals surface area contributed by atoms with Crippen LogP contribution >= 0.6 is 11.6 Å². The van der Waals surface area contributed by atoms with E-state index in [9.17, 15) is 4.79 Å². The SMILES string of the molecule is Cc1cccc(C)c1NC(=O)c1ccc(NCc2ccccc2Cl)cn1. The van der Waals surface area contributed by atoms with Crippen molar-refractivity contribution in [1.29, 1.82) is 0 Å². The van der Waals surface area contributed by atoms with Gasteiger partial charge in [-0.3, -0.25) is 4.79 Å². The number of nitrogens with one attached hydrogen (secondary N) is 2. The molecule has 1 aromatic heterocycles. The molecule has 3 rings (SSSR count). The highest BCUT2D eigenvalue weighted by Crippen LogP contribution is 2.20. The maximum Gasteiger partial charge on any atom is 0.274 e. The van der Waals surface area contributed by atoms with E-state index in [4.69, 9.17) is 11.6 Å². The van der Waals surface area contributed by atoms with E-state index in [1.165, 1.54) is 0 Å². The Morgan fingerprint density at radius 1 is 1.00 bits per heavy atom. The van der Waals surface area contributed by atoms with Crippen LogP contribution in [0.3, 0.4) is 0 Å². The molecular formula is C21H20ClN3O. The van der Waals surface area contributed by atoms with Crippen LogP contribution in [-0.4, -0.2) is 10.9 Å². The number of para-hydroxylation sites is 1. The van der Waals surface area contributed by atoms with Crippen molar-refractivity contribution in [2.24, 2.45) is 0 Å². The number of carbonyl (C=O) groups excluding carboxylic acids is 1. The fraction of sp³-hybridized carbons (Fsp3) is 0.143. The summed E-state index contributed by atoms with van der Waals surface area (Å²) in [7, 11) is 0. The Kier molecular flexibility index (Phi) is 5.54. The Hall–Kier alpha value is -2.85. The minimum atomic E-state index is -0.222. The molecule has 0 bridgehead atoms. The molecule has 0 saturated heterocycles. The second kappa shape index (κ2) is 8.02. The number of pyridine rings is 1. The lowest BCUT2D eigenvalue weighted by Crippen LogP contribution is -2.15. The van der Waals surface area contributed by atoms with Gasteiger partial charge in [-0.1, -0.05) is 48.0 Å². The van der Waals surface area contributed by atoms with Gasteiger partial charge in [-0.2, -0.15) is 0 Å². The minimum Gasteiger partial charge on any atom is -0.380 e. The predicted molar refractivity (Wildman–Crippen MR) is 107 cm³/mol. The van der Waals surface area contributed by atoms with Crippen molar-refractivity contribution < 1.29 is 4.79 Å². The molecule has 0 aliphatic heterocycles. The molecular weight excluding hydrogens is 346 g/mol. The van der Waals surface area contributed by atoms with Gasteiger partial charge in [0.15, 0.2) is 0 Å². The second-order valence-corrected chi connectivity index (χ2v) is 6.51. The van der Waals surface area contributed by atoms with Crippen LogP contribution < -0.4 is 10.6 Å². The molecule has 4 nitrogen and oxygen atoms in total. The summed E-state index contributed by atoms with van der Waals surface area (Å²) < 4.78 is 0. The van der Waals surface area contributed by atoms with E-state index >= 15 is 0 Å². The molecule has 0 radical (unpaired) electrons. The lowest BCUT2D eigenvalue weighted by Gasteiger charge is -2.11. The number of benzene rings is 2. The lowest BCUT2D eigenvalue weighted by molar-refractivity contribution is 0.102. The third kappa shape index (κ3) is 4.21. The largest absolute Gasteiger partial charge is 0.380 e. The number of hydrogen-bond acceptors (Lipinski definition) is 3. The molecule has 132 valence electrons. The highest BCUT2D eigenvalue weighted by Gasteiger charge is 2.11. The third-order valence-electron chi connectivity index (χ3n) is 4.16. The van der Waals surface area contributed by atoms with Gasteiger partial charge in [-0.25, -0.2) is 4.98 Å². The van der Waals surface area contributed by atoms with Crippen molar-refractivity contribution in [2.45, 2.75) is 20.4 Å². The van der Waals surface area contributed by atoms with Crippen molar-refractivity contribution in [2.75, 3.05) is 10.6 Å². The van der Waals surface area contributed by atoms with Crippen LogP contribution in [0.2, 0.25) is 5.02 Å². The Morgan fingerprint density at radius 2 is 1.73 bits per heavy atom. The zero-order valence-corrected chi connectivity index (χ0v) is 15.5. The summed E-state index contributed by atoms with van der Waals surface area (Å²) >= 11 is 6.15. The topological polar surface area (TPSA) is 54.0 Å². The van der Waals surface area contributed by atoms with Gasteiger partial charge in [0.05, 0.1) is 11.9 Å². The van der Waals surface area contributed by atoms with Gasteiger partial charge < -0.3 is 10.6 Å². The number of aromatic nitrogens is 1. The van der Waals surface area contributed by atoms with E-state index in [1.807, 2.05) is 62.4 Å². The number of rotatable bonds is 5. The normalized spacial score (nSPS) is 10.4. The van der Waals surface area contributed by atoms with Crippen molar-refractivity contribution in [3.63, 3.8) is 0 Å². The smallest absolute Gasteiger partial charge is 0.274 e. The van der Waals surface area contributed by atoms with Gasteiger partial charge in [0.1, 0.15) is 5.69 Å². The number of hydrogen-bond donors (Lipinski definition) is 2. The predicted octanol–water partition coefficient (Wildman–Crippen LogP) is 5.22. The summed E-state index contributed by atoms with van der Waals surface area (Å²) in [6.45, 7) is 4.53. The van der Waals surface area contributed by atoms with Crippen LogP contribution in [0, 0.1) is 13.8 Å². The number of carbonyl (C=O) groups is 1. The lowest BCUT2D eigenvalue weighted by atomic mass is 10.1. The highest BCUT2D eigenvalue weighted by atomic mass is 35.5. The van der Waals surface area contributed by atoms with E-state index in [2.05, 4.69) is 15.6 Å². The average Bonchev–Trinajstić information content (AvgIpc) is 2.64. The Balaban J connectivity index is 1.65. The molecule has 0 saturated carbocycles. The summed E-state index contributed by atoms with van der Waals surface area (Å²) in [5.41, 5.74) is 5.09. The first kappa shape index (κ1) is 18.0. The molecule has 2 N–H and O–H groups in total. The summed E-state index contributed by atoms with van der Waals surface area (Å²) in [5, 5.41) is 6.92. The number of aryl methyl sites for hydroxylation is 2. The summed E-state index contributed by atoms with van der Waals surface area (Å²) in [6.07, 6.45) is 1.65. The Bertz CT molecular complexity index is 903. The highest BCUT2D eigenvalue weighted by molar-refractivity contribution is 6.31. The van der Waals surface area contributed by atoms with Crippen LogP contribution in [0.4, 0.5) is 11.4 Å². The van der Waals surface area contributed by atoms with Gasteiger partial charge in [-0.05, 0) is 48.7 Å². The fourth-order valence-electron chi connectivity index (χ4n) is 2.66. The zero-order valence-electron chi connectivity index (χ0n) is 14.7. The van der Waals surface area contributed by atoms with Gasteiger partial charge in [0.2, 0.25) is 0 Å². The van der Waals surface area contributed by atoms with Gasteiger partial charge in [0.25, 0.3) is 5.91 Å². The maximum atomic E-state index is 12.4.